The maximum atomic E-state index is 12.8. The second kappa shape index (κ2) is 6.83. The first-order valence-electron chi connectivity index (χ1n) is 7.86. The lowest BCUT2D eigenvalue weighted by Crippen LogP contribution is -2.44. The van der Waals surface area contributed by atoms with Gasteiger partial charge in [-0.3, -0.25) is 4.79 Å². The van der Waals surface area contributed by atoms with Gasteiger partial charge in [-0.25, -0.2) is 0 Å². The minimum atomic E-state index is -4.40. The van der Waals surface area contributed by atoms with Crippen molar-refractivity contribution in [2.24, 2.45) is 5.41 Å². The van der Waals surface area contributed by atoms with E-state index in [1.165, 1.54) is 0 Å². The van der Waals surface area contributed by atoms with Gasteiger partial charge in [0.05, 0.1) is 6.42 Å². The Labute approximate surface area is 140 Å². The van der Waals surface area contributed by atoms with Crippen molar-refractivity contribution < 1.29 is 18.0 Å². The molecule has 24 heavy (non-hydrogen) atoms. The maximum absolute atomic E-state index is 12.8. The number of carbonyl (C=O) groups is 1. The zero-order chi connectivity index (χ0) is 18.0. The van der Waals surface area contributed by atoms with Crippen LogP contribution < -0.4 is 0 Å². The molecule has 0 fully saturated rings. The molecule has 0 N–H and O–H groups in total. The third kappa shape index (κ3) is 5.25. The molecule has 130 valence electrons. The Morgan fingerprint density at radius 1 is 0.958 bits per heavy atom. The summed E-state index contributed by atoms with van der Waals surface area (Å²) >= 11 is 0. The van der Waals surface area contributed by atoms with Gasteiger partial charge in [0.2, 0.25) is 5.91 Å². The molecular weight excluding hydrogens is 315 g/mol. The van der Waals surface area contributed by atoms with Crippen molar-refractivity contribution in [1.82, 2.24) is 4.90 Å². The number of hydrogen-bond acceptors (Lipinski definition) is 1. The highest BCUT2D eigenvalue weighted by atomic mass is 19.4. The summed E-state index contributed by atoms with van der Waals surface area (Å²) in [4.78, 5) is 13.5. The molecule has 0 aliphatic rings. The van der Waals surface area contributed by atoms with E-state index in [9.17, 15) is 18.0 Å². The SMILES string of the molecule is CC(C)(C)CN(CC(F)(F)F)C(=O)Cc1cccc2ccccc12. The van der Waals surface area contributed by atoms with Crippen LogP contribution in [0.2, 0.25) is 0 Å². The summed E-state index contributed by atoms with van der Waals surface area (Å²) in [6.45, 7) is 4.31. The van der Waals surface area contributed by atoms with Gasteiger partial charge in [0.25, 0.3) is 0 Å². The van der Waals surface area contributed by atoms with Crippen molar-refractivity contribution in [3.63, 3.8) is 0 Å². The van der Waals surface area contributed by atoms with Gasteiger partial charge >= 0.3 is 6.18 Å². The van der Waals surface area contributed by atoms with Gasteiger partial charge in [0.1, 0.15) is 6.54 Å². The molecule has 0 aromatic heterocycles. The smallest absolute Gasteiger partial charge is 0.333 e. The van der Waals surface area contributed by atoms with Crippen LogP contribution in [0.15, 0.2) is 42.5 Å². The van der Waals surface area contributed by atoms with Gasteiger partial charge in [-0.1, -0.05) is 63.2 Å². The molecule has 0 aliphatic carbocycles. The third-order valence-corrected chi connectivity index (χ3v) is 3.61. The molecule has 5 heteroatoms. The van der Waals surface area contributed by atoms with Crippen molar-refractivity contribution in [3.8, 4) is 0 Å². The van der Waals surface area contributed by atoms with Gasteiger partial charge < -0.3 is 4.90 Å². The first kappa shape index (κ1) is 18.3. The molecule has 0 saturated heterocycles. The van der Waals surface area contributed by atoms with Crippen LogP contribution in [0.1, 0.15) is 26.3 Å². The predicted octanol–water partition coefficient (Wildman–Crippen LogP) is 4.82. The van der Waals surface area contributed by atoms with Crippen LogP contribution in [0.5, 0.6) is 0 Å². The molecule has 0 unspecified atom stereocenters. The van der Waals surface area contributed by atoms with Crippen molar-refractivity contribution >= 4 is 16.7 Å². The Hall–Kier alpha value is -2.04. The monoisotopic (exact) mass is 337 g/mol. The van der Waals surface area contributed by atoms with Gasteiger partial charge in [-0.15, -0.1) is 0 Å². The highest BCUT2D eigenvalue weighted by molar-refractivity contribution is 5.90. The molecule has 2 nitrogen and oxygen atoms in total. The number of carbonyl (C=O) groups excluding carboxylic acids is 1. The molecule has 0 heterocycles. The molecule has 2 rings (SSSR count). The maximum Gasteiger partial charge on any atom is 0.406 e. The first-order chi connectivity index (χ1) is 11.1. The quantitative estimate of drug-likeness (QED) is 0.783. The summed E-state index contributed by atoms with van der Waals surface area (Å²) in [7, 11) is 0. The van der Waals surface area contributed by atoms with E-state index in [2.05, 4.69) is 0 Å². The van der Waals surface area contributed by atoms with Crippen LogP contribution in [-0.2, 0) is 11.2 Å². The lowest BCUT2D eigenvalue weighted by Gasteiger charge is -2.31. The van der Waals surface area contributed by atoms with E-state index < -0.39 is 24.0 Å². The van der Waals surface area contributed by atoms with E-state index in [-0.39, 0.29) is 13.0 Å². The largest absolute Gasteiger partial charge is 0.406 e. The van der Waals surface area contributed by atoms with E-state index in [0.29, 0.717) is 0 Å². The van der Waals surface area contributed by atoms with E-state index in [4.69, 9.17) is 0 Å². The molecule has 0 atom stereocenters. The van der Waals surface area contributed by atoms with E-state index in [0.717, 1.165) is 21.2 Å². The number of amides is 1. The second-order valence-electron chi connectivity index (χ2n) is 7.24. The average Bonchev–Trinajstić information content (AvgIpc) is 2.44. The molecule has 0 radical (unpaired) electrons. The molecular formula is C19H22F3NO. The number of nitrogens with zero attached hydrogens (tertiary/aromatic N) is 1. The molecule has 2 aromatic rings. The van der Waals surface area contributed by atoms with Crippen LogP contribution in [0.3, 0.4) is 0 Å². The van der Waals surface area contributed by atoms with Crippen molar-refractivity contribution in [2.75, 3.05) is 13.1 Å². The number of rotatable bonds is 4. The number of halogens is 3. The zero-order valence-corrected chi connectivity index (χ0v) is 14.2. The van der Waals surface area contributed by atoms with Crippen molar-refractivity contribution in [3.05, 3.63) is 48.0 Å². The third-order valence-electron chi connectivity index (χ3n) is 3.61. The Morgan fingerprint density at radius 2 is 1.58 bits per heavy atom. The van der Waals surface area contributed by atoms with Crippen molar-refractivity contribution in [1.29, 1.82) is 0 Å². The highest BCUT2D eigenvalue weighted by Gasteiger charge is 2.34. The van der Waals surface area contributed by atoms with Crippen LogP contribution in [0, 0.1) is 5.41 Å². The number of hydrogen-bond donors (Lipinski definition) is 0. The van der Waals surface area contributed by atoms with E-state index in [1.54, 1.807) is 6.07 Å². The topological polar surface area (TPSA) is 20.3 Å². The average molecular weight is 337 g/mol. The zero-order valence-electron chi connectivity index (χ0n) is 14.2. The minimum Gasteiger partial charge on any atom is -0.333 e. The van der Waals surface area contributed by atoms with Gasteiger partial charge in [-0.05, 0) is 21.8 Å². The minimum absolute atomic E-state index is 0.0342. The summed E-state index contributed by atoms with van der Waals surface area (Å²) in [6, 6.07) is 13.1. The summed E-state index contributed by atoms with van der Waals surface area (Å²) < 4.78 is 38.5. The fraction of sp³-hybridized carbons (Fsp3) is 0.421. The molecule has 0 spiro atoms. The lowest BCUT2D eigenvalue weighted by atomic mass is 9.95. The van der Waals surface area contributed by atoms with Crippen LogP contribution in [-0.4, -0.2) is 30.1 Å². The number of fused-ring (bicyclic) bond motifs is 1. The normalized spacial score (nSPS) is 12.4. The Morgan fingerprint density at radius 3 is 2.21 bits per heavy atom. The van der Waals surface area contributed by atoms with Crippen LogP contribution >= 0.6 is 0 Å². The van der Waals surface area contributed by atoms with Gasteiger partial charge in [0, 0.05) is 6.54 Å². The van der Waals surface area contributed by atoms with Crippen LogP contribution in [0.25, 0.3) is 10.8 Å². The molecule has 0 aliphatic heterocycles. The van der Waals surface area contributed by atoms with Crippen LogP contribution in [0.4, 0.5) is 13.2 Å². The summed E-state index contributed by atoms with van der Waals surface area (Å²) in [6.07, 6.45) is -4.44. The van der Waals surface area contributed by atoms with E-state index >= 15 is 0 Å². The first-order valence-corrected chi connectivity index (χ1v) is 7.86. The summed E-state index contributed by atoms with van der Waals surface area (Å²) in [5, 5.41) is 1.87. The highest BCUT2D eigenvalue weighted by Crippen LogP contribution is 2.24. The van der Waals surface area contributed by atoms with Gasteiger partial charge in [0.15, 0.2) is 0 Å². The van der Waals surface area contributed by atoms with E-state index in [1.807, 2.05) is 57.2 Å². The Bertz CT molecular complexity index is 695. The summed E-state index contributed by atoms with van der Waals surface area (Å²) in [5.41, 5.74) is 0.346. The summed E-state index contributed by atoms with van der Waals surface area (Å²) in [5.74, 6) is -0.501. The fourth-order valence-corrected chi connectivity index (χ4v) is 2.74. The molecule has 1 amide bonds. The second-order valence-corrected chi connectivity index (χ2v) is 7.24. The Kier molecular flexibility index (Phi) is 5.21. The predicted molar refractivity (Wildman–Crippen MR) is 89.7 cm³/mol. The molecule has 2 aromatic carbocycles. The number of alkyl halides is 3. The standard InChI is InChI=1S/C19H22F3NO/c1-18(2,3)12-23(13-19(20,21)22)17(24)11-15-9-6-8-14-7-4-5-10-16(14)15/h4-10H,11-13H2,1-3H3. The van der Waals surface area contributed by atoms with Crippen molar-refractivity contribution in [2.45, 2.75) is 33.4 Å². The molecule has 0 saturated carbocycles. The van der Waals surface area contributed by atoms with Gasteiger partial charge in [-0.2, -0.15) is 13.2 Å². The Balaban J connectivity index is 2.25. The number of benzene rings is 2. The fourth-order valence-electron chi connectivity index (χ4n) is 2.74. The molecule has 0 bridgehead atoms. The lowest BCUT2D eigenvalue weighted by molar-refractivity contribution is -0.163.